The van der Waals surface area contributed by atoms with Crippen LogP contribution in [0.25, 0.3) is 10.8 Å². The van der Waals surface area contributed by atoms with Gasteiger partial charge < -0.3 is 50.0 Å². The fraction of sp³-hybridized carbons (Fsp3) is 0.545. The van der Waals surface area contributed by atoms with E-state index in [1.807, 2.05) is 41.7 Å². The molecule has 1 amide bonds. The molecule has 1 saturated heterocycles. The molecule has 2 aromatic rings. The number of hydrogen-bond acceptors (Lipinski definition) is 14. The van der Waals surface area contributed by atoms with Gasteiger partial charge in [0.2, 0.25) is 0 Å². The van der Waals surface area contributed by atoms with Gasteiger partial charge in [-0.25, -0.2) is 0 Å². The molecule has 0 spiro atoms. The summed E-state index contributed by atoms with van der Waals surface area (Å²) in [6.45, 7) is 18.2. The highest BCUT2D eigenvalue weighted by molar-refractivity contribution is 6.23. The van der Waals surface area contributed by atoms with Crippen molar-refractivity contribution >= 4 is 40.3 Å². The molecule has 4 heterocycles. The lowest BCUT2D eigenvalue weighted by Crippen LogP contribution is -2.41. The zero-order valence-corrected chi connectivity index (χ0v) is 36.1. The van der Waals surface area contributed by atoms with Crippen LogP contribution in [0, 0.1) is 36.5 Å². The fourth-order valence-electron chi connectivity index (χ4n) is 7.86. The van der Waals surface area contributed by atoms with Crippen LogP contribution >= 0.6 is 0 Å². The molecule has 8 atom stereocenters. The number of benzene rings is 2. The first-order chi connectivity index (χ1) is 27.8. The van der Waals surface area contributed by atoms with Gasteiger partial charge in [-0.2, -0.15) is 5.10 Å². The van der Waals surface area contributed by atoms with Crippen LogP contribution in [0.3, 0.4) is 0 Å². The quantitative estimate of drug-likeness (QED) is 0.0966. The number of esters is 1. The number of nitrogens with zero attached hydrogens (tertiary/aromatic N) is 3. The van der Waals surface area contributed by atoms with E-state index in [1.54, 1.807) is 36.2 Å². The standard InChI is InChI=1S/C43H58N4O10.CH4O/c1-22-14-19-55-43(9)41(53)33-31-32(36(50)28(7)40(33)57-43)38(52)34(30(37(31)51)21-44-47-17-15-46(10)16-18-47)45-42(54)24(3)13-11-12-23(2)35(49)25(4)20-26(5)39(27(22)6)56-29(8)48;1-2/h11-14,19,21-23,25-27,35,39,49-52H,15-18,20H2,1-10H3,(H,45,54);2H,1H3/b12-11+,19-14+,24-13-,44-21+;/t22?,23?,25-,26?,27?,35-,39?,43-;/m0./s1. The fourth-order valence-corrected chi connectivity index (χ4v) is 7.86. The van der Waals surface area contributed by atoms with Crippen molar-refractivity contribution in [2.24, 2.45) is 34.7 Å². The average Bonchev–Trinajstić information content (AvgIpc) is 3.46. The van der Waals surface area contributed by atoms with Gasteiger partial charge in [0, 0.05) is 69.6 Å². The number of aliphatic hydroxyl groups excluding tert-OH is 2. The summed E-state index contributed by atoms with van der Waals surface area (Å²) < 4.78 is 18.0. The first-order valence-electron chi connectivity index (χ1n) is 20.1. The number of ketones is 1. The van der Waals surface area contributed by atoms with E-state index in [9.17, 15) is 34.8 Å². The first-order valence-corrected chi connectivity index (χ1v) is 20.1. The molecule has 1 fully saturated rings. The van der Waals surface area contributed by atoms with Gasteiger partial charge >= 0.3 is 11.8 Å². The van der Waals surface area contributed by atoms with Crippen molar-refractivity contribution in [3.8, 4) is 23.0 Å². The van der Waals surface area contributed by atoms with Gasteiger partial charge in [0.25, 0.3) is 11.7 Å². The summed E-state index contributed by atoms with van der Waals surface area (Å²) in [6, 6.07) is 0. The van der Waals surface area contributed by atoms with Crippen LogP contribution in [-0.2, 0) is 19.1 Å². The Hall–Kier alpha value is -5.12. The van der Waals surface area contributed by atoms with Crippen LogP contribution in [0.15, 0.2) is 41.2 Å². The van der Waals surface area contributed by atoms with Gasteiger partial charge in [-0.1, -0.05) is 52.8 Å². The second-order valence-electron chi connectivity index (χ2n) is 16.3. The van der Waals surface area contributed by atoms with Gasteiger partial charge in [0.05, 0.1) is 40.8 Å². The monoisotopic (exact) mass is 822 g/mol. The number of hydrazone groups is 1. The number of aromatic hydroxyl groups is 3. The van der Waals surface area contributed by atoms with E-state index in [0.29, 0.717) is 19.5 Å². The number of piperazine rings is 1. The van der Waals surface area contributed by atoms with Crippen LogP contribution in [0.2, 0.25) is 0 Å². The Balaban J connectivity index is 0.00000378. The predicted octanol–water partition coefficient (Wildman–Crippen LogP) is 5.59. The number of likely N-dealkylation sites (N-methyl/N-ethyl adjacent to an activating group) is 1. The Morgan fingerprint density at radius 3 is 2.22 bits per heavy atom. The van der Waals surface area contributed by atoms with E-state index in [-0.39, 0.29) is 74.1 Å². The number of amides is 1. The number of phenolic OH excluding ortho intramolecular Hbond substituents is 3. The molecular weight excluding hydrogens is 761 g/mol. The van der Waals surface area contributed by atoms with Gasteiger partial charge in [0.1, 0.15) is 23.4 Å². The van der Waals surface area contributed by atoms with Gasteiger partial charge in [-0.05, 0) is 57.1 Å². The smallest absolute Gasteiger partial charge is 0.312 e. The molecule has 2 aromatic carbocycles. The summed E-state index contributed by atoms with van der Waals surface area (Å²) >= 11 is 0. The third-order valence-electron chi connectivity index (χ3n) is 11.8. The minimum atomic E-state index is -1.94. The molecule has 15 nitrogen and oxygen atoms in total. The summed E-state index contributed by atoms with van der Waals surface area (Å²) in [5.41, 5.74) is -0.106. The highest BCUT2D eigenvalue weighted by atomic mass is 16.7. The zero-order valence-electron chi connectivity index (χ0n) is 36.1. The van der Waals surface area contributed by atoms with Crippen LogP contribution in [-0.4, -0.2) is 118 Å². The van der Waals surface area contributed by atoms with Crippen molar-refractivity contribution in [1.29, 1.82) is 0 Å². The molecule has 5 bridgehead atoms. The molecule has 6 rings (SSSR count). The van der Waals surface area contributed by atoms with Gasteiger partial charge in [-0.15, -0.1) is 0 Å². The van der Waals surface area contributed by atoms with E-state index >= 15 is 0 Å². The lowest BCUT2D eigenvalue weighted by atomic mass is 9.78. The molecule has 0 radical (unpaired) electrons. The van der Waals surface area contributed by atoms with Crippen molar-refractivity contribution < 1.29 is 54.1 Å². The number of anilines is 1. The van der Waals surface area contributed by atoms with Crippen molar-refractivity contribution in [2.75, 3.05) is 45.7 Å². The van der Waals surface area contributed by atoms with Crippen LogP contribution in [0.4, 0.5) is 5.69 Å². The molecule has 0 aliphatic carbocycles. The maximum Gasteiger partial charge on any atom is 0.312 e. The van der Waals surface area contributed by atoms with Crippen molar-refractivity contribution in [3.05, 3.63) is 52.8 Å². The number of ether oxygens (including phenoxy) is 3. The number of carbonyl (C=O) groups is 3. The van der Waals surface area contributed by atoms with Crippen molar-refractivity contribution in [3.63, 3.8) is 0 Å². The summed E-state index contributed by atoms with van der Waals surface area (Å²) in [7, 11) is 3.00. The van der Waals surface area contributed by atoms with E-state index in [1.165, 1.54) is 33.2 Å². The Labute approximate surface area is 346 Å². The van der Waals surface area contributed by atoms with Crippen LogP contribution < -0.4 is 10.1 Å². The Kier molecular flexibility index (Phi) is 15.2. The average molecular weight is 823 g/mol. The third kappa shape index (κ3) is 9.85. The molecule has 6 N–H and O–H groups in total. The molecular formula is C44H62N4O11. The lowest BCUT2D eigenvalue weighted by Gasteiger charge is -2.34. The number of nitrogens with one attached hydrogen (secondary N) is 1. The molecule has 5 unspecified atom stereocenters. The van der Waals surface area contributed by atoms with E-state index in [0.717, 1.165) is 20.2 Å². The number of phenols is 3. The largest absolute Gasteiger partial charge is 0.507 e. The minimum absolute atomic E-state index is 0.0406. The minimum Gasteiger partial charge on any atom is -0.507 e. The maximum atomic E-state index is 14.4. The van der Waals surface area contributed by atoms with Gasteiger partial charge in [-0.3, -0.25) is 19.4 Å². The Morgan fingerprint density at radius 1 is 0.949 bits per heavy atom. The highest BCUT2D eigenvalue weighted by Gasteiger charge is 2.49. The maximum absolute atomic E-state index is 14.4. The number of allylic oxidation sites excluding steroid dienone is 3. The second-order valence-corrected chi connectivity index (χ2v) is 16.3. The molecule has 15 heteroatoms. The van der Waals surface area contributed by atoms with E-state index < -0.39 is 52.9 Å². The number of fused-ring (bicyclic) bond motifs is 14. The topological polar surface area (TPSA) is 211 Å². The van der Waals surface area contributed by atoms with E-state index in [2.05, 4.69) is 15.3 Å². The van der Waals surface area contributed by atoms with Crippen LogP contribution in [0.1, 0.15) is 83.3 Å². The Morgan fingerprint density at radius 2 is 1.59 bits per heavy atom. The number of hydrogen-bond donors (Lipinski definition) is 6. The van der Waals surface area contributed by atoms with Crippen molar-refractivity contribution in [1.82, 2.24) is 9.91 Å². The predicted molar refractivity (Wildman–Crippen MR) is 226 cm³/mol. The number of carbonyl (C=O) groups excluding carboxylic acids is 3. The SMILES string of the molecule is CC(=O)OC1C(C)C[C@H](C)[C@@H](O)C(C)/C=C/C=C(/C)C(=O)Nc2c(/C=N/N3CCN(C)CC3)c(O)c3c4c(c(C)c(O)c3c2O)O[C@](C)(O/C=C/C(C)C1C)C4=O.CO. The summed E-state index contributed by atoms with van der Waals surface area (Å²) in [4.78, 5) is 42.5. The molecule has 324 valence electrons. The lowest BCUT2D eigenvalue weighted by molar-refractivity contribution is -0.153. The summed E-state index contributed by atoms with van der Waals surface area (Å²) in [5.74, 6) is -6.34. The molecule has 0 aromatic heterocycles. The van der Waals surface area contributed by atoms with Crippen LogP contribution in [0.5, 0.6) is 23.0 Å². The normalized spacial score (nSPS) is 30.5. The Bertz CT molecular complexity index is 2020. The number of Topliss-reactive ketones (excluding diaryl/α,β-unsaturated/α-hetero) is 1. The first kappa shape index (κ1) is 46.6. The zero-order chi connectivity index (χ0) is 44.1. The van der Waals surface area contributed by atoms with Gasteiger partial charge in [0.15, 0.2) is 5.75 Å². The second kappa shape index (κ2) is 19.3. The van der Waals surface area contributed by atoms with Crippen molar-refractivity contribution in [2.45, 2.75) is 86.7 Å². The highest BCUT2D eigenvalue weighted by Crippen LogP contribution is 2.55. The number of rotatable bonds is 3. The summed E-state index contributed by atoms with van der Waals surface area (Å²) in [5, 5.41) is 62.4. The summed E-state index contributed by atoms with van der Waals surface area (Å²) in [6.07, 6.45) is 8.75. The molecule has 59 heavy (non-hydrogen) atoms. The third-order valence-corrected chi connectivity index (χ3v) is 11.8. The van der Waals surface area contributed by atoms with E-state index in [4.69, 9.17) is 19.3 Å². The molecule has 4 aliphatic rings. The molecule has 4 aliphatic heterocycles. The molecule has 0 saturated carbocycles. The number of aliphatic hydroxyl groups is 2.